The van der Waals surface area contributed by atoms with Crippen LogP contribution in [0.1, 0.15) is 37.6 Å². The van der Waals surface area contributed by atoms with Gasteiger partial charge in [0, 0.05) is 18.2 Å². The number of carbonyl (C=O) groups excluding carboxylic acids is 1. The van der Waals surface area contributed by atoms with Gasteiger partial charge in [0.2, 0.25) is 0 Å². The Kier molecular flexibility index (Phi) is 5.65. The normalized spacial score (nSPS) is 12.3. The van der Waals surface area contributed by atoms with Crippen LogP contribution in [0.25, 0.3) is 0 Å². The SMILES string of the molecule is CC(CCO)NC(=O)c1ccc(OC(C)C)cc1. The summed E-state index contributed by atoms with van der Waals surface area (Å²) in [6.45, 7) is 5.85. The fourth-order valence-corrected chi connectivity index (χ4v) is 1.53. The van der Waals surface area contributed by atoms with Gasteiger partial charge in [-0.3, -0.25) is 4.79 Å². The molecule has 1 aromatic rings. The first-order valence-corrected chi connectivity index (χ1v) is 6.21. The molecule has 0 aliphatic carbocycles. The average Bonchev–Trinajstić information content (AvgIpc) is 2.29. The summed E-state index contributed by atoms with van der Waals surface area (Å²) in [5.74, 6) is 0.622. The molecule has 0 bridgehead atoms. The highest BCUT2D eigenvalue weighted by atomic mass is 16.5. The van der Waals surface area contributed by atoms with E-state index in [9.17, 15) is 4.79 Å². The lowest BCUT2D eigenvalue weighted by Crippen LogP contribution is -2.33. The molecule has 1 rings (SSSR count). The Balaban J connectivity index is 2.59. The summed E-state index contributed by atoms with van der Waals surface area (Å²) < 4.78 is 5.50. The maximum Gasteiger partial charge on any atom is 0.251 e. The third-order valence-corrected chi connectivity index (χ3v) is 2.43. The molecule has 4 heteroatoms. The van der Waals surface area contributed by atoms with Gasteiger partial charge in [0.25, 0.3) is 5.91 Å². The van der Waals surface area contributed by atoms with Crippen molar-refractivity contribution in [3.63, 3.8) is 0 Å². The Morgan fingerprint density at radius 3 is 2.39 bits per heavy atom. The maximum absolute atomic E-state index is 11.8. The lowest BCUT2D eigenvalue weighted by molar-refractivity contribution is 0.0934. The van der Waals surface area contributed by atoms with E-state index in [0.717, 1.165) is 5.75 Å². The fourth-order valence-electron chi connectivity index (χ4n) is 1.53. The lowest BCUT2D eigenvalue weighted by Gasteiger charge is -2.13. The number of ether oxygens (including phenoxy) is 1. The van der Waals surface area contributed by atoms with Crippen molar-refractivity contribution in [1.29, 1.82) is 0 Å². The monoisotopic (exact) mass is 251 g/mol. The second kappa shape index (κ2) is 7.01. The van der Waals surface area contributed by atoms with Crippen molar-refractivity contribution in [1.82, 2.24) is 5.32 Å². The van der Waals surface area contributed by atoms with Gasteiger partial charge in [0.15, 0.2) is 0 Å². The highest BCUT2D eigenvalue weighted by Gasteiger charge is 2.09. The van der Waals surface area contributed by atoms with Gasteiger partial charge in [-0.05, 0) is 51.5 Å². The molecule has 0 spiro atoms. The zero-order chi connectivity index (χ0) is 13.5. The highest BCUT2D eigenvalue weighted by molar-refractivity contribution is 5.94. The first-order chi connectivity index (χ1) is 8.52. The molecule has 18 heavy (non-hydrogen) atoms. The molecule has 4 nitrogen and oxygen atoms in total. The van der Waals surface area contributed by atoms with Crippen LogP contribution in [0.4, 0.5) is 0 Å². The quantitative estimate of drug-likeness (QED) is 0.812. The summed E-state index contributed by atoms with van der Waals surface area (Å²) in [4.78, 5) is 11.8. The van der Waals surface area contributed by atoms with Crippen molar-refractivity contribution in [3.05, 3.63) is 29.8 Å². The molecule has 0 heterocycles. The number of hydrogen-bond acceptors (Lipinski definition) is 3. The molecule has 0 saturated carbocycles. The van der Waals surface area contributed by atoms with Gasteiger partial charge in [0.05, 0.1) is 6.10 Å². The lowest BCUT2D eigenvalue weighted by atomic mass is 10.1. The summed E-state index contributed by atoms with van der Waals surface area (Å²) >= 11 is 0. The van der Waals surface area contributed by atoms with E-state index in [0.29, 0.717) is 12.0 Å². The van der Waals surface area contributed by atoms with Gasteiger partial charge in [-0.2, -0.15) is 0 Å². The second-order valence-electron chi connectivity index (χ2n) is 4.58. The molecule has 100 valence electrons. The molecule has 0 fully saturated rings. The Morgan fingerprint density at radius 1 is 1.28 bits per heavy atom. The Hall–Kier alpha value is -1.55. The van der Waals surface area contributed by atoms with Crippen molar-refractivity contribution in [2.75, 3.05) is 6.61 Å². The average molecular weight is 251 g/mol. The summed E-state index contributed by atoms with van der Waals surface area (Å²) in [6, 6.07) is 7.00. The van der Waals surface area contributed by atoms with Gasteiger partial charge in [-0.1, -0.05) is 0 Å². The third kappa shape index (κ3) is 4.75. The number of hydrogen-bond donors (Lipinski definition) is 2. The van der Waals surface area contributed by atoms with Crippen LogP contribution in [0.5, 0.6) is 5.75 Å². The molecule has 1 atom stereocenters. The molecule has 1 amide bonds. The minimum atomic E-state index is -0.132. The van der Waals surface area contributed by atoms with Crippen molar-refractivity contribution in [2.24, 2.45) is 0 Å². The first kappa shape index (κ1) is 14.5. The molecular weight excluding hydrogens is 230 g/mol. The van der Waals surface area contributed by atoms with Gasteiger partial charge >= 0.3 is 0 Å². The van der Waals surface area contributed by atoms with Crippen LogP contribution in [-0.4, -0.2) is 29.8 Å². The van der Waals surface area contributed by atoms with Crippen LogP contribution in [-0.2, 0) is 0 Å². The van der Waals surface area contributed by atoms with E-state index in [-0.39, 0.29) is 24.7 Å². The number of carbonyl (C=O) groups is 1. The zero-order valence-corrected chi connectivity index (χ0v) is 11.1. The number of amides is 1. The van der Waals surface area contributed by atoms with Crippen molar-refractivity contribution in [2.45, 2.75) is 39.3 Å². The second-order valence-corrected chi connectivity index (χ2v) is 4.58. The number of aliphatic hydroxyl groups excluding tert-OH is 1. The van der Waals surface area contributed by atoms with E-state index in [2.05, 4.69) is 5.32 Å². The minimum Gasteiger partial charge on any atom is -0.491 e. The molecule has 0 saturated heterocycles. The van der Waals surface area contributed by atoms with Crippen molar-refractivity contribution in [3.8, 4) is 5.75 Å². The Bertz CT molecular complexity index is 373. The predicted octanol–water partition coefficient (Wildman–Crippen LogP) is 1.97. The van der Waals surface area contributed by atoms with Crippen LogP contribution >= 0.6 is 0 Å². The van der Waals surface area contributed by atoms with Crippen LogP contribution < -0.4 is 10.1 Å². The molecule has 0 aliphatic rings. The largest absolute Gasteiger partial charge is 0.491 e. The summed E-state index contributed by atoms with van der Waals surface area (Å²) in [5, 5.41) is 11.6. The summed E-state index contributed by atoms with van der Waals surface area (Å²) in [5.41, 5.74) is 0.593. The smallest absolute Gasteiger partial charge is 0.251 e. The van der Waals surface area contributed by atoms with Crippen molar-refractivity contribution >= 4 is 5.91 Å². The van der Waals surface area contributed by atoms with E-state index in [4.69, 9.17) is 9.84 Å². The highest BCUT2D eigenvalue weighted by Crippen LogP contribution is 2.13. The van der Waals surface area contributed by atoms with Gasteiger partial charge in [0.1, 0.15) is 5.75 Å². The van der Waals surface area contributed by atoms with Crippen LogP contribution in [0, 0.1) is 0 Å². The molecule has 1 unspecified atom stereocenters. The molecule has 0 radical (unpaired) electrons. The van der Waals surface area contributed by atoms with E-state index in [1.165, 1.54) is 0 Å². The Morgan fingerprint density at radius 2 is 1.89 bits per heavy atom. The molecule has 1 aromatic carbocycles. The summed E-state index contributed by atoms with van der Waals surface area (Å²) in [7, 11) is 0. The number of benzene rings is 1. The maximum atomic E-state index is 11.8. The van der Waals surface area contributed by atoms with E-state index in [1.54, 1.807) is 24.3 Å². The topological polar surface area (TPSA) is 58.6 Å². The number of aliphatic hydroxyl groups is 1. The first-order valence-electron chi connectivity index (χ1n) is 6.21. The van der Waals surface area contributed by atoms with E-state index >= 15 is 0 Å². The van der Waals surface area contributed by atoms with Crippen molar-refractivity contribution < 1.29 is 14.6 Å². The standard InChI is InChI=1S/C14H21NO3/c1-10(2)18-13-6-4-12(5-7-13)14(17)15-11(3)8-9-16/h4-7,10-11,16H,8-9H2,1-3H3,(H,15,17). The number of rotatable bonds is 6. The van der Waals surface area contributed by atoms with Crippen LogP contribution in [0.15, 0.2) is 24.3 Å². The van der Waals surface area contributed by atoms with Gasteiger partial charge < -0.3 is 15.2 Å². The molecule has 2 N–H and O–H groups in total. The predicted molar refractivity (Wildman–Crippen MR) is 70.8 cm³/mol. The van der Waals surface area contributed by atoms with Gasteiger partial charge in [-0.25, -0.2) is 0 Å². The fraction of sp³-hybridized carbons (Fsp3) is 0.500. The zero-order valence-electron chi connectivity index (χ0n) is 11.1. The molecular formula is C14H21NO3. The van der Waals surface area contributed by atoms with Gasteiger partial charge in [-0.15, -0.1) is 0 Å². The Labute approximate surface area is 108 Å². The van der Waals surface area contributed by atoms with Crippen LogP contribution in [0.3, 0.4) is 0 Å². The molecule has 0 aromatic heterocycles. The molecule has 0 aliphatic heterocycles. The number of nitrogens with one attached hydrogen (secondary N) is 1. The summed E-state index contributed by atoms with van der Waals surface area (Å²) in [6.07, 6.45) is 0.676. The van der Waals surface area contributed by atoms with E-state index < -0.39 is 0 Å². The van der Waals surface area contributed by atoms with E-state index in [1.807, 2.05) is 20.8 Å². The van der Waals surface area contributed by atoms with Crippen LogP contribution in [0.2, 0.25) is 0 Å². The third-order valence-electron chi connectivity index (χ3n) is 2.43. The minimum absolute atomic E-state index is 0.0332.